The molecule has 0 radical (unpaired) electrons. The molecule has 0 saturated carbocycles. The van der Waals surface area contributed by atoms with E-state index in [0.717, 1.165) is 38.7 Å². The first-order chi connectivity index (χ1) is 13.7. The number of thioether (sulfide) groups is 1. The summed E-state index contributed by atoms with van der Waals surface area (Å²) in [6.45, 7) is 2.12. The molecular weight excluding hydrogens is 388 g/mol. The van der Waals surface area contributed by atoms with E-state index in [2.05, 4.69) is 46.8 Å². The molecule has 0 fully saturated rings. The van der Waals surface area contributed by atoms with E-state index in [1.165, 1.54) is 11.1 Å². The third-order valence-electron chi connectivity index (χ3n) is 4.44. The molecule has 5 nitrogen and oxygen atoms in total. The molecule has 0 aliphatic heterocycles. The zero-order valence-corrected chi connectivity index (χ0v) is 17.5. The molecule has 2 aromatic heterocycles. The van der Waals surface area contributed by atoms with E-state index in [0.29, 0.717) is 0 Å². The number of thiazole rings is 1. The van der Waals surface area contributed by atoms with Gasteiger partial charge < -0.3 is 9.30 Å². The lowest BCUT2D eigenvalue weighted by Gasteiger charge is -2.05. The van der Waals surface area contributed by atoms with Crippen LogP contribution in [-0.2, 0) is 12.8 Å². The summed E-state index contributed by atoms with van der Waals surface area (Å²) in [5.41, 5.74) is 4.48. The van der Waals surface area contributed by atoms with Gasteiger partial charge in [0.1, 0.15) is 10.8 Å². The second-order valence-electron chi connectivity index (χ2n) is 6.34. The largest absolute Gasteiger partial charge is 0.497 e. The van der Waals surface area contributed by atoms with Crippen molar-refractivity contribution in [3.8, 4) is 27.7 Å². The average molecular weight is 409 g/mol. The minimum Gasteiger partial charge on any atom is -0.497 e. The van der Waals surface area contributed by atoms with Crippen LogP contribution in [0.4, 0.5) is 0 Å². The molecule has 0 spiro atoms. The first-order valence-electron chi connectivity index (χ1n) is 8.82. The number of rotatable bonds is 6. The molecule has 0 N–H and O–H groups in total. The van der Waals surface area contributed by atoms with E-state index in [4.69, 9.17) is 9.72 Å². The summed E-state index contributed by atoms with van der Waals surface area (Å²) in [5, 5.41) is 12.8. The van der Waals surface area contributed by atoms with Crippen LogP contribution >= 0.6 is 23.1 Å². The van der Waals surface area contributed by atoms with Gasteiger partial charge in [-0.15, -0.1) is 21.5 Å². The Hall–Kier alpha value is -2.64. The number of aromatic nitrogens is 4. The average Bonchev–Trinajstić information content (AvgIpc) is 3.33. The maximum atomic E-state index is 5.31. The fraction of sp³-hybridized carbons (Fsp3) is 0.190. The van der Waals surface area contributed by atoms with E-state index in [9.17, 15) is 0 Å². The summed E-state index contributed by atoms with van der Waals surface area (Å²) >= 11 is 3.32. The number of hydrogen-bond donors (Lipinski definition) is 0. The summed E-state index contributed by atoms with van der Waals surface area (Å²) < 4.78 is 7.31. The molecule has 4 rings (SSSR count). The third-order valence-corrected chi connectivity index (χ3v) is 6.42. The van der Waals surface area contributed by atoms with Gasteiger partial charge in [-0.2, -0.15) is 0 Å². The topological polar surface area (TPSA) is 52.8 Å². The molecule has 7 heteroatoms. The highest BCUT2D eigenvalue weighted by Crippen LogP contribution is 2.30. The molecule has 2 aromatic carbocycles. The predicted octanol–water partition coefficient (Wildman–Crippen LogP) is 5.21. The highest BCUT2D eigenvalue weighted by molar-refractivity contribution is 7.98. The van der Waals surface area contributed by atoms with Crippen LogP contribution in [0.5, 0.6) is 5.75 Å². The molecular formula is C21H20N4OS2. The van der Waals surface area contributed by atoms with Gasteiger partial charge >= 0.3 is 0 Å². The fourth-order valence-electron chi connectivity index (χ4n) is 2.90. The molecule has 142 valence electrons. The Labute approximate surface area is 172 Å². The number of aryl methyl sites for hydroxylation is 1. The van der Waals surface area contributed by atoms with E-state index in [1.54, 1.807) is 30.2 Å². The van der Waals surface area contributed by atoms with Crippen LogP contribution in [0, 0.1) is 6.92 Å². The van der Waals surface area contributed by atoms with Crippen LogP contribution in [-0.4, -0.2) is 26.9 Å². The van der Waals surface area contributed by atoms with E-state index < -0.39 is 0 Å². The van der Waals surface area contributed by atoms with Gasteiger partial charge in [0.05, 0.1) is 12.8 Å². The van der Waals surface area contributed by atoms with Gasteiger partial charge in [-0.25, -0.2) is 4.98 Å². The zero-order valence-electron chi connectivity index (χ0n) is 15.9. The number of benzene rings is 2. The summed E-state index contributed by atoms with van der Waals surface area (Å²) in [4.78, 5) is 4.80. The second-order valence-corrected chi connectivity index (χ2v) is 8.15. The van der Waals surface area contributed by atoms with Gasteiger partial charge in [0, 0.05) is 29.3 Å². The Morgan fingerprint density at radius 2 is 1.96 bits per heavy atom. The van der Waals surface area contributed by atoms with Crippen LogP contribution < -0.4 is 4.74 Å². The first-order valence-corrected chi connectivity index (χ1v) is 10.7. The molecule has 0 aliphatic carbocycles. The van der Waals surface area contributed by atoms with E-state index in [-0.39, 0.29) is 0 Å². The Balaban J connectivity index is 1.49. The zero-order chi connectivity index (χ0) is 19.5. The lowest BCUT2D eigenvalue weighted by molar-refractivity contribution is 0.415. The van der Waals surface area contributed by atoms with Crippen LogP contribution in [0.25, 0.3) is 22.0 Å². The number of methoxy groups -OCH3 is 1. The minimum absolute atomic E-state index is 0.756. The molecule has 28 heavy (non-hydrogen) atoms. The fourth-order valence-corrected chi connectivity index (χ4v) is 4.72. The highest BCUT2D eigenvalue weighted by Gasteiger charge is 2.13. The smallest absolute Gasteiger partial charge is 0.191 e. The van der Waals surface area contributed by atoms with Crippen molar-refractivity contribution in [1.82, 2.24) is 19.7 Å². The van der Waals surface area contributed by atoms with Crippen molar-refractivity contribution in [1.29, 1.82) is 0 Å². The summed E-state index contributed by atoms with van der Waals surface area (Å²) in [7, 11) is 3.65. The third kappa shape index (κ3) is 3.81. The SMILES string of the molecule is COc1cccc(-c2nnc(SCc3csc(-c4ccccc4C)n3)n2C)c1. The molecule has 0 aliphatic rings. The highest BCUT2D eigenvalue weighted by atomic mass is 32.2. The summed E-state index contributed by atoms with van der Waals surface area (Å²) in [6, 6.07) is 16.2. The molecule has 0 bridgehead atoms. The van der Waals surface area contributed by atoms with Crippen LogP contribution in [0.15, 0.2) is 59.1 Å². The van der Waals surface area contributed by atoms with Crippen molar-refractivity contribution in [2.24, 2.45) is 7.05 Å². The van der Waals surface area contributed by atoms with Gasteiger partial charge in [0.2, 0.25) is 0 Å². The van der Waals surface area contributed by atoms with Crippen molar-refractivity contribution in [2.45, 2.75) is 17.8 Å². The Morgan fingerprint density at radius 3 is 2.79 bits per heavy atom. The maximum Gasteiger partial charge on any atom is 0.191 e. The normalized spacial score (nSPS) is 11.0. The van der Waals surface area contributed by atoms with Crippen LogP contribution in [0.3, 0.4) is 0 Å². The van der Waals surface area contributed by atoms with Crippen LogP contribution in [0.2, 0.25) is 0 Å². The monoisotopic (exact) mass is 408 g/mol. The molecule has 0 amide bonds. The van der Waals surface area contributed by atoms with Gasteiger partial charge in [-0.3, -0.25) is 0 Å². The van der Waals surface area contributed by atoms with Crippen molar-refractivity contribution < 1.29 is 4.74 Å². The Morgan fingerprint density at radius 1 is 1.11 bits per heavy atom. The van der Waals surface area contributed by atoms with Crippen LogP contribution in [0.1, 0.15) is 11.3 Å². The molecule has 0 atom stereocenters. The quantitative estimate of drug-likeness (QED) is 0.410. The first kappa shape index (κ1) is 18.7. The summed E-state index contributed by atoms with van der Waals surface area (Å²) in [5.74, 6) is 2.38. The lowest BCUT2D eigenvalue weighted by Crippen LogP contribution is -1.95. The van der Waals surface area contributed by atoms with Crippen molar-refractivity contribution in [3.05, 3.63) is 65.2 Å². The van der Waals surface area contributed by atoms with Crippen molar-refractivity contribution >= 4 is 23.1 Å². The Kier molecular flexibility index (Phi) is 5.45. The molecule has 0 unspecified atom stereocenters. The van der Waals surface area contributed by atoms with E-state index in [1.807, 2.05) is 35.9 Å². The maximum absolute atomic E-state index is 5.31. The van der Waals surface area contributed by atoms with Gasteiger partial charge in [-0.05, 0) is 24.6 Å². The van der Waals surface area contributed by atoms with Gasteiger partial charge in [0.15, 0.2) is 11.0 Å². The van der Waals surface area contributed by atoms with Crippen molar-refractivity contribution in [2.75, 3.05) is 7.11 Å². The number of ether oxygens (including phenoxy) is 1. The molecule has 2 heterocycles. The van der Waals surface area contributed by atoms with Gasteiger partial charge in [0.25, 0.3) is 0 Å². The minimum atomic E-state index is 0.756. The number of hydrogen-bond acceptors (Lipinski definition) is 6. The predicted molar refractivity (Wildman–Crippen MR) is 115 cm³/mol. The number of nitrogens with zero attached hydrogens (tertiary/aromatic N) is 4. The lowest BCUT2D eigenvalue weighted by atomic mass is 10.1. The summed E-state index contributed by atoms with van der Waals surface area (Å²) in [6.07, 6.45) is 0. The molecule has 0 saturated heterocycles. The Bertz CT molecular complexity index is 1100. The van der Waals surface area contributed by atoms with E-state index >= 15 is 0 Å². The van der Waals surface area contributed by atoms with Crippen molar-refractivity contribution in [3.63, 3.8) is 0 Å². The molecule has 4 aromatic rings. The second kappa shape index (κ2) is 8.16. The standard InChI is InChI=1S/C21H20N4OS2/c1-14-7-4-5-10-18(14)20-22-16(12-27-20)13-28-21-24-23-19(25(21)2)15-8-6-9-17(11-15)26-3/h4-12H,13H2,1-3H3. The van der Waals surface area contributed by atoms with Gasteiger partial charge in [-0.1, -0.05) is 48.2 Å².